The average Bonchev–Trinajstić information content (AvgIpc) is 2.84. The Morgan fingerprint density at radius 2 is 2.53 bits per heavy atom. The van der Waals surface area contributed by atoms with Gasteiger partial charge in [0.15, 0.2) is 5.82 Å². The Kier molecular flexibility index (Phi) is 3.11. The zero-order valence-electron chi connectivity index (χ0n) is 8.85. The highest BCUT2D eigenvalue weighted by atomic mass is 16.5. The maximum Gasteiger partial charge on any atom is 0.244 e. The number of nitrogens with zero attached hydrogens (tertiary/aromatic N) is 3. The van der Waals surface area contributed by atoms with E-state index < -0.39 is 0 Å². The highest BCUT2D eigenvalue weighted by molar-refractivity contribution is 5.52. The SMILES string of the molecule is CCN1CCCC1c1nc(CC=O)no1. The van der Waals surface area contributed by atoms with E-state index in [2.05, 4.69) is 22.0 Å². The smallest absolute Gasteiger partial charge is 0.244 e. The molecule has 0 saturated carbocycles. The summed E-state index contributed by atoms with van der Waals surface area (Å²) in [5, 5.41) is 3.78. The van der Waals surface area contributed by atoms with Gasteiger partial charge in [0, 0.05) is 0 Å². The molecule has 0 radical (unpaired) electrons. The normalized spacial score (nSPS) is 22.1. The van der Waals surface area contributed by atoms with E-state index in [4.69, 9.17) is 4.52 Å². The molecular weight excluding hydrogens is 194 g/mol. The van der Waals surface area contributed by atoms with E-state index in [-0.39, 0.29) is 12.5 Å². The number of hydrogen-bond acceptors (Lipinski definition) is 5. The van der Waals surface area contributed by atoms with E-state index >= 15 is 0 Å². The van der Waals surface area contributed by atoms with Crippen LogP contribution in [0.3, 0.4) is 0 Å². The van der Waals surface area contributed by atoms with E-state index in [0.717, 1.165) is 25.8 Å². The van der Waals surface area contributed by atoms with Gasteiger partial charge in [-0.3, -0.25) is 4.90 Å². The fourth-order valence-electron chi connectivity index (χ4n) is 2.04. The van der Waals surface area contributed by atoms with Crippen molar-refractivity contribution in [2.75, 3.05) is 13.1 Å². The van der Waals surface area contributed by atoms with Gasteiger partial charge >= 0.3 is 0 Å². The van der Waals surface area contributed by atoms with E-state index in [1.165, 1.54) is 6.42 Å². The molecule has 1 aromatic heterocycles. The molecule has 0 aliphatic carbocycles. The van der Waals surface area contributed by atoms with Gasteiger partial charge in [-0.25, -0.2) is 0 Å². The first kappa shape index (κ1) is 10.3. The van der Waals surface area contributed by atoms with Crippen LogP contribution in [-0.4, -0.2) is 34.4 Å². The van der Waals surface area contributed by atoms with Crippen LogP contribution in [0.5, 0.6) is 0 Å². The molecule has 2 rings (SSSR count). The minimum Gasteiger partial charge on any atom is -0.338 e. The summed E-state index contributed by atoms with van der Waals surface area (Å²) in [6.07, 6.45) is 3.27. The van der Waals surface area contributed by atoms with E-state index in [1.54, 1.807) is 0 Å². The molecule has 1 aliphatic rings. The maximum atomic E-state index is 10.3. The summed E-state index contributed by atoms with van der Waals surface area (Å²) < 4.78 is 5.17. The van der Waals surface area contributed by atoms with Crippen molar-refractivity contribution >= 4 is 6.29 Å². The number of carbonyl (C=O) groups is 1. The second-order valence-electron chi connectivity index (χ2n) is 3.71. The fourth-order valence-corrected chi connectivity index (χ4v) is 2.04. The Morgan fingerprint density at radius 1 is 1.67 bits per heavy atom. The average molecular weight is 209 g/mol. The molecule has 5 nitrogen and oxygen atoms in total. The van der Waals surface area contributed by atoms with Crippen molar-refractivity contribution in [1.29, 1.82) is 0 Å². The molecule has 1 aromatic rings. The molecule has 1 aliphatic heterocycles. The fraction of sp³-hybridized carbons (Fsp3) is 0.700. The zero-order chi connectivity index (χ0) is 10.7. The predicted molar refractivity (Wildman–Crippen MR) is 53.3 cm³/mol. The predicted octanol–water partition coefficient (Wildman–Crippen LogP) is 0.968. The number of carbonyl (C=O) groups excluding carboxylic acids is 1. The van der Waals surface area contributed by atoms with Gasteiger partial charge in [0.25, 0.3) is 0 Å². The van der Waals surface area contributed by atoms with Crippen molar-refractivity contribution in [3.8, 4) is 0 Å². The van der Waals surface area contributed by atoms with Crippen LogP contribution in [0.2, 0.25) is 0 Å². The lowest BCUT2D eigenvalue weighted by atomic mass is 10.2. The second-order valence-corrected chi connectivity index (χ2v) is 3.71. The quantitative estimate of drug-likeness (QED) is 0.691. The van der Waals surface area contributed by atoms with Gasteiger partial charge < -0.3 is 9.32 Å². The third-order valence-electron chi connectivity index (χ3n) is 2.80. The summed E-state index contributed by atoms with van der Waals surface area (Å²) in [5.41, 5.74) is 0. The Balaban J connectivity index is 2.10. The van der Waals surface area contributed by atoms with E-state index in [1.807, 2.05) is 0 Å². The topological polar surface area (TPSA) is 59.2 Å². The van der Waals surface area contributed by atoms with Crippen LogP contribution in [0.4, 0.5) is 0 Å². The van der Waals surface area contributed by atoms with Crippen LogP contribution >= 0.6 is 0 Å². The molecule has 0 amide bonds. The highest BCUT2D eigenvalue weighted by Crippen LogP contribution is 2.30. The van der Waals surface area contributed by atoms with Crippen molar-refractivity contribution in [2.24, 2.45) is 0 Å². The number of aldehydes is 1. The Bertz CT molecular complexity index is 337. The van der Waals surface area contributed by atoms with Crippen LogP contribution in [0.15, 0.2) is 4.52 Å². The van der Waals surface area contributed by atoms with E-state index in [9.17, 15) is 4.79 Å². The van der Waals surface area contributed by atoms with Crippen LogP contribution in [0.1, 0.15) is 37.5 Å². The third-order valence-corrected chi connectivity index (χ3v) is 2.80. The van der Waals surface area contributed by atoms with Crippen molar-refractivity contribution in [1.82, 2.24) is 15.0 Å². The summed E-state index contributed by atoms with van der Waals surface area (Å²) in [6, 6.07) is 0.253. The lowest BCUT2D eigenvalue weighted by Gasteiger charge is -2.18. The first-order valence-electron chi connectivity index (χ1n) is 5.35. The molecule has 15 heavy (non-hydrogen) atoms. The van der Waals surface area contributed by atoms with E-state index in [0.29, 0.717) is 11.7 Å². The summed E-state index contributed by atoms with van der Waals surface area (Å²) >= 11 is 0. The monoisotopic (exact) mass is 209 g/mol. The number of rotatable bonds is 4. The number of likely N-dealkylation sites (tertiary alicyclic amines) is 1. The molecule has 5 heteroatoms. The van der Waals surface area contributed by atoms with Gasteiger partial charge in [-0.15, -0.1) is 0 Å². The molecular formula is C10H15N3O2. The Labute approximate surface area is 88.5 Å². The molecule has 82 valence electrons. The molecule has 2 heterocycles. The van der Waals surface area contributed by atoms with Crippen LogP contribution in [0, 0.1) is 0 Å². The van der Waals surface area contributed by atoms with Crippen LogP contribution < -0.4 is 0 Å². The molecule has 0 aromatic carbocycles. The highest BCUT2D eigenvalue weighted by Gasteiger charge is 2.29. The van der Waals surface area contributed by atoms with Gasteiger partial charge in [0.1, 0.15) is 6.29 Å². The van der Waals surface area contributed by atoms with Crippen molar-refractivity contribution in [3.05, 3.63) is 11.7 Å². The number of hydrogen-bond donors (Lipinski definition) is 0. The molecule has 0 spiro atoms. The van der Waals surface area contributed by atoms with Gasteiger partial charge in [0.05, 0.1) is 12.5 Å². The molecule has 1 fully saturated rings. The summed E-state index contributed by atoms with van der Waals surface area (Å²) in [7, 11) is 0. The van der Waals surface area contributed by atoms with Gasteiger partial charge in [-0.05, 0) is 25.9 Å². The molecule has 1 saturated heterocycles. The lowest BCUT2D eigenvalue weighted by molar-refractivity contribution is -0.107. The minimum atomic E-state index is 0.238. The Hall–Kier alpha value is -1.23. The standard InChI is InChI=1S/C10H15N3O2/c1-2-13-6-3-4-8(13)10-11-9(5-7-14)12-15-10/h7-8H,2-6H2,1H3. The zero-order valence-corrected chi connectivity index (χ0v) is 8.85. The van der Waals surface area contributed by atoms with Crippen molar-refractivity contribution < 1.29 is 9.32 Å². The second kappa shape index (κ2) is 4.53. The van der Waals surface area contributed by atoms with Crippen molar-refractivity contribution in [3.63, 3.8) is 0 Å². The third kappa shape index (κ3) is 2.07. The largest absolute Gasteiger partial charge is 0.338 e. The Morgan fingerprint density at radius 3 is 3.27 bits per heavy atom. The molecule has 0 N–H and O–H groups in total. The molecule has 0 bridgehead atoms. The lowest BCUT2D eigenvalue weighted by Crippen LogP contribution is -2.22. The number of aromatic nitrogens is 2. The van der Waals surface area contributed by atoms with Gasteiger partial charge in [0.2, 0.25) is 5.89 Å². The molecule has 1 atom stereocenters. The summed E-state index contributed by atoms with van der Waals surface area (Å²) in [5.74, 6) is 1.15. The molecule has 1 unspecified atom stereocenters. The minimum absolute atomic E-state index is 0.238. The van der Waals surface area contributed by atoms with Gasteiger partial charge in [-0.2, -0.15) is 4.98 Å². The first-order chi connectivity index (χ1) is 7.35. The summed E-state index contributed by atoms with van der Waals surface area (Å²) in [6.45, 7) is 4.21. The van der Waals surface area contributed by atoms with Crippen LogP contribution in [0.25, 0.3) is 0 Å². The van der Waals surface area contributed by atoms with Gasteiger partial charge in [-0.1, -0.05) is 12.1 Å². The summed E-state index contributed by atoms with van der Waals surface area (Å²) in [4.78, 5) is 16.8. The van der Waals surface area contributed by atoms with Crippen molar-refractivity contribution in [2.45, 2.75) is 32.2 Å². The first-order valence-corrected chi connectivity index (χ1v) is 5.35. The van der Waals surface area contributed by atoms with Crippen LogP contribution in [-0.2, 0) is 11.2 Å². The maximum absolute atomic E-state index is 10.3.